The number of carbonyl (C=O) groups is 2. The Balaban J connectivity index is 1.90. The third-order valence-corrected chi connectivity index (χ3v) is 5.08. The van der Waals surface area contributed by atoms with Crippen LogP contribution in [-0.2, 0) is 9.59 Å². The summed E-state index contributed by atoms with van der Waals surface area (Å²) >= 11 is 0. The van der Waals surface area contributed by atoms with Crippen molar-refractivity contribution in [2.75, 3.05) is 0 Å². The second-order valence-electron chi connectivity index (χ2n) is 7.49. The summed E-state index contributed by atoms with van der Waals surface area (Å²) in [7, 11) is 0. The lowest BCUT2D eigenvalue weighted by Crippen LogP contribution is -2.43. The van der Waals surface area contributed by atoms with Gasteiger partial charge in [0, 0.05) is 12.5 Å². The average molecular weight is 281 g/mol. The van der Waals surface area contributed by atoms with E-state index in [0.29, 0.717) is 12.8 Å². The van der Waals surface area contributed by atoms with Crippen molar-refractivity contribution in [1.29, 1.82) is 0 Å². The number of hydrogen-bond acceptors (Lipinski definition) is 2. The first-order chi connectivity index (χ1) is 9.33. The van der Waals surface area contributed by atoms with E-state index in [-0.39, 0.29) is 23.8 Å². The van der Waals surface area contributed by atoms with Crippen molar-refractivity contribution in [3.05, 3.63) is 0 Å². The SMILES string of the molecule is CC1(C)CCCC(NC(=O)CC2(C(=O)O)CCCC2)C1. The zero-order chi connectivity index (χ0) is 14.8. The molecule has 0 saturated heterocycles. The van der Waals surface area contributed by atoms with Crippen molar-refractivity contribution in [2.24, 2.45) is 10.8 Å². The molecule has 1 atom stereocenters. The predicted molar refractivity (Wildman–Crippen MR) is 77.3 cm³/mol. The van der Waals surface area contributed by atoms with Crippen LogP contribution in [0.3, 0.4) is 0 Å². The predicted octanol–water partition coefficient (Wildman–Crippen LogP) is 3.11. The summed E-state index contributed by atoms with van der Waals surface area (Å²) in [6.45, 7) is 4.47. The molecule has 20 heavy (non-hydrogen) atoms. The molecule has 2 N–H and O–H groups in total. The Morgan fingerprint density at radius 2 is 1.80 bits per heavy atom. The van der Waals surface area contributed by atoms with Crippen molar-refractivity contribution in [1.82, 2.24) is 5.32 Å². The van der Waals surface area contributed by atoms with Crippen LogP contribution in [0.15, 0.2) is 0 Å². The van der Waals surface area contributed by atoms with Crippen molar-refractivity contribution >= 4 is 11.9 Å². The summed E-state index contributed by atoms with van der Waals surface area (Å²) in [6, 6.07) is 0.221. The highest BCUT2D eigenvalue weighted by Gasteiger charge is 2.43. The van der Waals surface area contributed by atoms with Crippen LogP contribution in [0.1, 0.15) is 71.6 Å². The molecule has 2 saturated carbocycles. The molecule has 114 valence electrons. The lowest BCUT2D eigenvalue weighted by atomic mass is 9.75. The van der Waals surface area contributed by atoms with E-state index >= 15 is 0 Å². The third kappa shape index (κ3) is 3.53. The molecule has 0 aromatic heterocycles. The normalized spacial score (nSPS) is 28.0. The molecular formula is C16H27NO3. The van der Waals surface area contributed by atoms with E-state index in [9.17, 15) is 14.7 Å². The fourth-order valence-corrected chi connectivity index (χ4v) is 3.93. The van der Waals surface area contributed by atoms with Crippen LogP contribution in [-0.4, -0.2) is 23.0 Å². The second kappa shape index (κ2) is 5.74. The first-order valence-corrected chi connectivity index (χ1v) is 7.86. The number of carboxylic acids is 1. The van der Waals surface area contributed by atoms with E-state index in [1.807, 2.05) is 0 Å². The van der Waals surface area contributed by atoms with Crippen LogP contribution in [0.25, 0.3) is 0 Å². The first kappa shape index (κ1) is 15.3. The van der Waals surface area contributed by atoms with Gasteiger partial charge in [-0.25, -0.2) is 0 Å². The Labute approximate surface area is 121 Å². The summed E-state index contributed by atoms with van der Waals surface area (Å²) in [5.41, 5.74) is -0.512. The highest BCUT2D eigenvalue weighted by Crippen LogP contribution is 2.41. The van der Waals surface area contributed by atoms with Gasteiger partial charge in [-0.05, 0) is 37.5 Å². The number of carbonyl (C=O) groups excluding carboxylic acids is 1. The summed E-state index contributed by atoms with van der Waals surface area (Å²) in [6.07, 6.45) is 7.66. The monoisotopic (exact) mass is 281 g/mol. The van der Waals surface area contributed by atoms with E-state index in [2.05, 4.69) is 19.2 Å². The van der Waals surface area contributed by atoms with Gasteiger partial charge in [-0.1, -0.05) is 33.1 Å². The smallest absolute Gasteiger partial charge is 0.310 e. The van der Waals surface area contributed by atoms with Crippen molar-refractivity contribution in [3.8, 4) is 0 Å². The molecule has 2 fully saturated rings. The zero-order valence-corrected chi connectivity index (χ0v) is 12.7. The molecule has 0 aromatic rings. The van der Waals surface area contributed by atoms with Crippen LogP contribution in [0.5, 0.6) is 0 Å². The van der Waals surface area contributed by atoms with Crippen molar-refractivity contribution in [2.45, 2.75) is 77.7 Å². The van der Waals surface area contributed by atoms with Gasteiger partial charge >= 0.3 is 5.97 Å². The number of rotatable bonds is 4. The maximum Gasteiger partial charge on any atom is 0.310 e. The fraction of sp³-hybridized carbons (Fsp3) is 0.875. The average Bonchev–Trinajstić information content (AvgIpc) is 2.77. The van der Waals surface area contributed by atoms with E-state index in [1.165, 1.54) is 6.42 Å². The van der Waals surface area contributed by atoms with E-state index in [0.717, 1.165) is 32.1 Å². The minimum atomic E-state index is -0.797. The topological polar surface area (TPSA) is 66.4 Å². The third-order valence-electron chi connectivity index (χ3n) is 5.08. The molecule has 1 unspecified atom stereocenters. The van der Waals surface area contributed by atoms with Gasteiger partial charge in [-0.15, -0.1) is 0 Å². The first-order valence-electron chi connectivity index (χ1n) is 7.86. The number of amides is 1. The molecule has 0 spiro atoms. The van der Waals surface area contributed by atoms with Gasteiger partial charge in [0.1, 0.15) is 0 Å². The lowest BCUT2D eigenvalue weighted by molar-refractivity contribution is -0.151. The molecule has 4 nitrogen and oxygen atoms in total. The number of carboxylic acid groups (broad SMARTS) is 1. The molecule has 2 aliphatic rings. The minimum absolute atomic E-state index is 0.0722. The molecule has 2 aliphatic carbocycles. The fourth-order valence-electron chi connectivity index (χ4n) is 3.93. The maximum atomic E-state index is 12.2. The molecule has 0 bridgehead atoms. The Kier molecular flexibility index (Phi) is 4.40. The molecule has 0 aromatic carbocycles. The summed E-state index contributed by atoms with van der Waals surface area (Å²) < 4.78 is 0. The Morgan fingerprint density at radius 3 is 2.35 bits per heavy atom. The van der Waals surface area contributed by atoms with Crippen molar-refractivity contribution in [3.63, 3.8) is 0 Å². The Bertz CT molecular complexity index is 383. The standard InChI is InChI=1S/C16H27NO3/c1-15(2)7-5-6-12(10-15)17-13(18)11-16(14(19)20)8-3-4-9-16/h12H,3-11H2,1-2H3,(H,17,18)(H,19,20). The van der Waals surface area contributed by atoms with Gasteiger partial charge in [-0.2, -0.15) is 0 Å². The molecule has 2 rings (SSSR count). The lowest BCUT2D eigenvalue weighted by Gasteiger charge is -2.36. The van der Waals surface area contributed by atoms with Crippen LogP contribution < -0.4 is 5.32 Å². The maximum absolute atomic E-state index is 12.2. The minimum Gasteiger partial charge on any atom is -0.481 e. The van der Waals surface area contributed by atoms with Gasteiger partial charge in [0.25, 0.3) is 0 Å². The van der Waals surface area contributed by atoms with Crippen molar-refractivity contribution < 1.29 is 14.7 Å². The van der Waals surface area contributed by atoms with Gasteiger partial charge in [0.05, 0.1) is 5.41 Å². The van der Waals surface area contributed by atoms with Crippen LogP contribution in [0, 0.1) is 10.8 Å². The van der Waals surface area contributed by atoms with Crippen LogP contribution >= 0.6 is 0 Å². The Hall–Kier alpha value is -1.06. The van der Waals surface area contributed by atoms with E-state index < -0.39 is 11.4 Å². The van der Waals surface area contributed by atoms with Gasteiger partial charge in [-0.3, -0.25) is 9.59 Å². The molecule has 0 aliphatic heterocycles. The number of hydrogen-bond donors (Lipinski definition) is 2. The largest absolute Gasteiger partial charge is 0.481 e. The van der Waals surface area contributed by atoms with Crippen LogP contribution in [0.4, 0.5) is 0 Å². The number of nitrogens with one attached hydrogen (secondary N) is 1. The summed E-state index contributed by atoms with van der Waals surface area (Å²) in [5.74, 6) is -0.869. The van der Waals surface area contributed by atoms with Gasteiger partial charge in [0.15, 0.2) is 0 Å². The van der Waals surface area contributed by atoms with Gasteiger partial charge in [0.2, 0.25) is 5.91 Å². The molecule has 0 heterocycles. The van der Waals surface area contributed by atoms with Crippen LogP contribution in [0.2, 0.25) is 0 Å². The highest BCUT2D eigenvalue weighted by atomic mass is 16.4. The Morgan fingerprint density at radius 1 is 1.15 bits per heavy atom. The molecule has 1 amide bonds. The van der Waals surface area contributed by atoms with E-state index in [4.69, 9.17) is 0 Å². The molecular weight excluding hydrogens is 254 g/mol. The molecule has 4 heteroatoms. The second-order valence-corrected chi connectivity index (χ2v) is 7.49. The highest BCUT2D eigenvalue weighted by molar-refractivity contribution is 5.85. The number of aliphatic carboxylic acids is 1. The zero-order valence-electron chi connectivity index (χ0n) is 12.7. The summed E-state index contributed by atoms with van der Waals surface area (Å²) in [5, 5.41) is 12.5. The molecule has 0 radical (unpaired) electrons. The van der Waals surface area contributed by atoms with Gasteiger partial charge < -0.3 is 10.4 Å². The quantitative estimate of drug-likeness (QED) is 0.832. The van der Waals surface area contributed by atoms with E-state index in [1.54, 1.807) is 0 Å². The summed E-state index contributed by atoms with van der Waals surface area (Å²) in [4.78, 5) is 23.7.